The number of benzene rings is 2. The van der Waals surface area contributed by atoms with Crippen molar-refractivity contribution in [2.45, 2.75) is 24.5 Å². The highest BCUT2D eigenvalue weighted by Gasteiger charge is 2.62. The third-order valence-electron chi connectivity index (χ3n) is 6.69. The molecule has 0 saturated heterocycles. The van der Waals surface area contributed by atoms with Crippen molar-refractivity contribution in [3.05, 3.63) is 71.0 Å². The van der Waals surface area contributed by atoms with E-state index in [1.54, 1.807) is 18.5 Å². The van der Waals surface area contributed by atoms with Crippen LogP contribution in [-0.4, -0.2) is 32.2 Å². The molecule has 1 amide bonds. The number of aliphatic hydroxyl groups is 1. The Bertz CT molecular complexity index is 1300. The Morgan fingerprint density at radius 2 is 1.97 bits per heavy atom. The van der Waals surface area contributed by atoms with E-state index in [2.05, 4.69) is 20.5 Å². The molecule has 4 atom stereocenters. The molecule has 7 heteroatoms. The molecule has 2 heterocycles. The van der Waals surface area contributed by atoms with Crippen molar-refractivity contribution < 1.29 is 9.90 Å². The summed E-state index contributed by atoms with van der Waals surface area (Å²) in [7, 11) is 0. The summed E-state index contributed by atoms with van der Waals surface area (Å²) in [6.45, 7) is 0. The minimum atomic E-state index is -0.951. The van der Waals surface area contributed by atoms with Crippen LogP contribution in [0.15, 0.2) is 54.9 Å². The Morgan fingerprint density at radius 3 is 2.80 bits per heavy atom. The number of hydrogen-bond acceptors (Lipinski definition) is 4. The van der Waals surface area contributed by atoms with Gasteiger partial charge in [0.25, 0.3) is 5.91 Å². The fourth-order valence-electron chi connectivity index (χ4n) is 5.22. The van der Waals surface area contributed by atoms with Gasteiger partial charge in [-0.25, -0.2) is 0 Å². The van der Waals surface area contributed by atoms with Gasteiger partial charge in [0.1, 0.15) is 0 Å². The minimum Gasteiger partial charge on any atom is -0.385 e. The maximum atomic E-state index is 12.9. The third kappa shape index (κ3) is 2.64. The van der Waals surface area contributed by atoms with Crippen LogP contribution in [0, 0.1) is 11.8 Å². The number of halogens is 1. The molecule has 0 aliphatic heterocycles. The summed E-state index contributed by atoms with van der Waals surface area (Å²) < 4.78 is 0. The highest BCUT2D eigenvalue weighted by atomic mass is 35.5. The Balaban J connectivity index is 1.22. The normalized spacial score (nSPS) is 27.3. The number of para-hydroxylation sites is 1. The average molecular weight is 419 g/mol. The largest absolute Gasteiger partial charge is 0.385 e. The number of aromatic nitrogens is 3. The highest BCUT2D eigenvalue weighted by molar-refractivity contribution is 6.31. The summed E-state index contributed by atoms with van der Waals surface area (Å²) in [5.74, 6) is 0.428. The van der Waals surface area contributed by atoms with Gasteiger partial charge in [0.05, 0.1) is 28.4 Å². The molecule has 0 unspecified atom stereocenters. The molecule has 2 aliphatic rings. The molecule has 2 fully saturated rings. The van der Waals surface area contributed by atoms with Gasteiger partial charge >= 0.3 is 0 Å². The number of H-pyrrole nitrogens is 1. The Hall–Kier alpha value is -2.96. The molecule has 2 aromatic heterocycles. The molecular formula is C23H19ClN4O2. The number of amides is 1. The number of carbonyl (C=O) groups is 1. The summed E-state index contributed by atoms with van der Waals surface area (Å²) in [6, 6.07) is 13.1. The van der Waals surface area contributed by atoms with Crippen molar-refractivity contribution in [2.75, 3.05) is 0 Å². The molecule has 30 heavy (non-hydrogen) atoms. The van der Waals surface area contributed by atoms with Crippen molar-refractivity contribution in [2.24, 2.45) is 11.8 Å². The summed E-state index contributed by atoms with van der Waals surface area (Å²) in [6.07, 6.45) is 4.59. The number of nitrogens with zero attached hydrogens (tertiary/aromatic N) is 2. The number of carbonyl (C=O) groups excluding carboxylic acids is 1. The fraction of sp³-hybridized carbons (Fsp3) is 0.261. The number of nitrogens with one attached hydrogen (secondary N) is 2. The summed E-state index contributed by atoms with van der Waals surface area (Å²) in [5.41, 5.74) is 2.13. The van der Waals surface area contributed by atoms with E-state index in [1.165, 1.54) is 0 Å². The maximum Gasteiger partial charge on any atom is 0.252 e. The first kappa shape index (κ1) is 17.9. The molecule has 0 bridgehead atoms. The molecule has 150 valence electrons. The van der Waals surface area contributed by atoms with E-state index in [-0.39, 0.29) is 23.8 Å². The first-order valence-corrected chi connectivity index (χ1v) is 10.4. The smallest absolute Gasteiger partial charge is 0.252 e. The van der Waals surface area contributed by atoms with Gasteiger partial charge in [-0.05, 0) is 54.5 Å². The van der Waals surface area contributed by atoms with Gasteiger partial charge in [-0.15, -0.1) is 0 Å². The fourth-order valence-corrected chi connectivity index (χ4v) is 5.44. The van der Waals surface area contributed by atoms with Crippen LogP contribution < -0.4 is 5.32 Å². The average Bonchev–Trinajstić information content (AvgIpc) is 3.11. The highest BCUT2D eigenvalue weighted by Crippen LogP contribution is 2.60. The molecule has 2 aromatic carbocycles. The first-order valence-electron chi connectivity index (χ1n) is 10.0. The zero-order valence-electron chi connectivity index (χ0n) is 16.0. The van der Waals surface area contributed by atoms with Crippen molar-refractivity contribution in [3.8, 4) is 0 Å². The van der Waals surface area contributed by atoms with Crippen LogP contribution in [0.4, 0.5) is 0 Å². The van der Waals surface area contributed by atoms with Gasteiger partial charge in [0.2, 0.25) is 0 Å². The van der Waals surface area contributed by atoms with Crippen LogP contribution >= 0.6 is 11.6 Å². The van der Waals surface area contributed by atoms with Crippen LogP contribution in [-0.2, 0) is 5.60 Å². The number of hydrogen-bond donors (Lipinski definition) is 3. The van der Waals surface area contributed by atoms with Crippen molar-refractivity contribution in [3.63, 3.8) is 0 Å². The second-order valence-electron chi connectivity index (χ2n) is 8.43. The van der Waals surface area contributed by atoms with Gasteiger partial charge in [-0.3, -0.25) is 14.9 Å². The van der Waals surface area contributed by atoms with E-state index in [0.29, 0.717) is 23.4 Å². The monoisotopic (exact) mass is 418 g/mol. The molecule has 3 N–H and O–H groups in total. The Morgan fingerprint density at radius 1 is 1.17 bits per heavy atom. The van der Waals surface area contributed by atoms with Crippen LogP contribution in [0.5, 0.6) is 0 Å². The molecule has 0 radical (unpaired) electrons. The second-order valence-corrected chi connectivity index (χ2v) is 8.86. The van der Waals surface area contributed by atoms with Gasteiger partial charge in [0, 0.05) is 28.0 Å². The number of aromatic amines is 1. The summed E-state index contributed by atoms with van der Waals surface area (Å²) in [5, 5.41) is 23.9. The zero-order valence-corrected chi connectivity index (χ0v) is 16.7. The topological polar surface area (TPSA) is 90.9 Å². The van der Waals surface area contributed by atoms with Gasteiger partial charge in [-0.1, -0.05) is 29.8 Å². The van der Waals surface area contributed by atoms with Crippen molar-refractivity contribution in [1.82, 2.24) is 20.5 Å². The lowest BCUT2D eigenvalue weighted by atomic mass is 9.86. The van der Waals surface area contributed by atoms with Gasteiger partial charge < -0.3 is 10.4 Å². The molecule has 2 saturated carbocycles. The van der Waals surface area contributed by atoms with Crippen molar-refractivity contribution in [1.29, 1.82) is 0 Å². The predicted octanol–water partition coefficient (Wildman–Crippen LogP) is 3.79. The van der Waals surface area contributed by atoms with E-state index in [4.69, 9.17) is 11.6 Å². The Kier molecular flexibility index (Phi) is 3.73. The SMILES string of the molecule is O=C(N[C@H]1[C@@H]2C[C@@](O)(c3cc(Cl)cc4[nH]ncc34)C[C@@H]21)c1ccnc2ccccc12. The maximum absolute atomic E-state index is 12.9. The molecule has 6 rings (SSSR count). The van der Waals surface area contributed by atoms with E-state index in [9.17, 15) is 9.90 Å². The van der Waals surface area contributed by atoms with Crippen LogP contribution in [0.2, 0.25) is 5.02 Å². The number of rotatable bonds is 3. The zero-order chi connectivity index (χ0) is 20.5. The van der Waals surface area contributed by atoms with Gasteiger partial charge in [0.15, 0.2) is 0 Å². The minimum absolute atomic E-state index is 0.0866. The number of fused-ring (bicyclic) bond motifs is 3. The Labute approximate surface area is 177 Å². The molecule has 4 aromatic rings. The lowest BCUT2D eigenvalue weighted by Crippen LogP contribution is -2.33. The predicted molar refractivity (Wildman–Crippen MR) is 114 cm³/mol. The van der Waals surface area contributed by atoms with Gasteiger partial charge in [-0.2, -0.15) is 5.10 Å². The standard InChI is InChI=1S/C23H19ClN4O2/c24-12-7-18(17-11-26-28-20(17)8-12)23(30)9-15-16(10-23)21(15)27-22(29)14-5-6-25-19-4-2-1-3-13(14)19/h1-8,11,15-16,21,30H,9-10H2,(H,26,28)(H,27,29)/t15-,16+,21+,23+. The lowest BCUT2D eigenvalue weighted by Gasteiger charge is -2.27. The summed E-state index contributed by atoms with van der Waals surface area (Å²) in [4.78, 5) is 17.2. The van der Waals surface area contributed by atoms with Crippen LogP contribution in [0.3, 0.4) is 0 Å². The van der Waals surface area contributed by atoms with Crippen LogP contribution in [0.25, 0.3) is 21.8 Å². The first-order chi connectivity index (χ1) is 14.5. The van der Waals surface area contributed by atoms with E-state index < -0.39 is 5.60 Å². The quantitative estimate of drug-likeness (QED) is 0.472. The summed E-state index contributed by atoms with van der Waals surface area (Å²) >= 11 is 6.26. The third-order valence-corrected chi connectivity index (χ3v) is 6.91. The van der Waals surface area contributed by atoms with E-state index in [0.717, 1.165) is 27.4 Å². The second kappa shape index (κ2) is 6.27. The van der Waals surface area contributed by atoms with E-state index >= 15 is 0 Å². The molecule has 2 aliphatic carbocycles. The van der Waals surface area contributed by atoms with Crippen molar-refractivity contribution >= 4 is 39.3 Å². The lowest BCUT2D eigenvalue weighted by molar-refractivity contribution is 0.0293. The molecular weight excluding hydrogens is 400 g/mol. The molecule has 6 nitrogen and oxygen atoms in total. The van der Waals surface area contributed by atoms with Crippen LogP contribution in [0.1, 0.15) is 28.8 Å². The number of pyridine rings is 1. The van der Waals surface area contributed by atoms with E-state index in [1.807, 2.05) is 36.4 Å². The molecule has 0 spiro atoms.